The number of halogens is 1. The van der Waals surface area contributed by atoms with Crippen LogP contribution >= 0.6 is 15.9 Å². The summed E-state index contributed by atoms with van der Waals surface area (Å²) in [6.45, 7) is 3.68. The summed E-state index contributed by atoms with van der Waals surface area (Å²) in [5.74, 6) is 0.709. The largest absolute Gasteiger partial charge is 0.491 e. The Morgan fingerprint density at radius 3 is 2.80 bits per heavy atom. The normalized spacial score (nSPS) is 10.3. The molecule has 0 unspecified atom stereocenters. The monoisotopic (exact) mass is 274 g/mol. The Morgan fingerprint density at radius 2 is 2.13 bits per heavy atom. The van der Waals surface area contributed by atoms with Gasteiger partial charge in [0.15, 0.2) is 0 Å². The van der Waals surface area contributed by atoms with Crippen molar-refractivity contribution in [3.05, 3.63) is 28.2 Å². The van der Waals surface area contributed by atoms with Gasteiger partial charge in [0.2, 0.25) is 0 Å². The summed E-state index contributed by atoms with van der Waals surface area (Å²) in [6.07, 6.45) is 0. The highest BCUT2D eigenvalue weighted by Crippen LogP contribution is 2.23. The Labute approximate surface area is 98.1 Å². The summed E-state index contributed by atoms with van der Waals surface area (Å²) in [4.78, 5) is 0. The molecule has 0 aliphatic rings. The molecule has 3 nitrogen and oxygen atoms in total. The highest BCUT2D eigenvalue weighted by Gasteiger charge is 2.03. The molecule has 1 rings (SSSR count). The van der Waals surface area contributed by atoms with Crippen molar-refractivity contribution in [3.8, 4) is 5.75 Å². The third kappa shape index (κ3) is 4.20. The Kier molecular flexibility index (Phi) is 5.68. The van der Waals surface area contributed by atoms with Crippen molar-refractivity contribution in [2.24, 2.45) is 0 Å². The molecule has 0 aromatic heterocycles. The van der Waals surface area contributed by atoms with Gasteiger partial charge in [-0.25, -0.2) is 0 Å². The van der Waals surface area contributed by atoms with Gasteiger partial charge < -0.3 is 14.6 Å². The highest BCUT2D eigenvalue weighted by atomic mass is 79.9. The maximum absolute atomic E-state index is 9.11. The quantitative estimate of drug-likeness (QED) is 0.810. The van der Waals surface area contributed by atoms with Crippen LogP contribution in [0.2, 0.25) is 0 Å². The molecule has 0 bridgehead atoms. The van der Waals surface area contributed by atoms with Gasteiger partial charge >= 0.3 is 0 Å². The second kappa shape index (κ2) is 6.82. The average Bonchev–Trinajstić information content (AvgIpc) is 2.26. The van der Waals surface area contributed by atoms with E-state index in [2.05, 4.69) is 15.9 Å². The average molecular weight is 275 g/mol. The lowest BCUT2D eigenvalue weighted by molar-refractivity contribution is 0.109. The van der Waals surface area contributed by atoms with Crippen molar-refractivity contribution in [2.75, 3.05) is 19.8 Å². The van der Waals surface area contributed by atoms with Crippen molar-refractivity contribution in [1.29, 1.82) is 0 Å². The smallest absolute Gasteiger partial charge is 0.125 e. The van der Waals surface area contributed by atoms with Gasteiger partial charge in [0.25, 0.3) is 0 Å². The van der Waals surface area contributed by atoms with Gasteiger partial charge in [0.1, 0.15) is 12.4 Å². The van der Waals surface area contributed by atoms with E-state index in [0.717, 1.165) is 10.0 Å². The van der Waals surface area contributed by atoms with E-state index in [0.29, 0.717) is 25.6 Å². The van der Waals surface area contributed by atoms with Crippen LogP contribution in [0.25, 0.3) is 0 Å². The predicted molar refractivity (Wildman–Crippen MR) is 62.1 cm³/mol. The first kappa shape index (κ1) is 12.5. The van der Waals surface area contributed by atoms with Crippen LogP contribution in [0.3, 0.4) is 0 Å². The van der Waals surface area contributed by atoms with E-state index < -0.39 is 0 Å². The Balaban J connectivity index is 2.52. The minimum Gasteiger partial charge on any atom is -0.491 e. The SMILES string of the molecule is CCOCCOc1ccc(Br)cc1CO. The molecule has 0 heterocycles. The number of hydrogen-bond donors (Lipinski definition) is 1. The van der Waals surface area contributed by atoms with Crippen molar-refractivity contribution >= 4 is 15.9 Å². The fourth-order valence-electron chi connectivity index (χ4n) is 1.17. The summed E-state index contributed by atoms with van der Waals surface area (Å²) in [6, 6.07) is 5.56. The number of hydrogen-bond acceptors (Lipinski definition) is 3. The van der Waals surface area contributed by atoms with E-state index in [4.69, 9.17) is 14.6 Å². The lowest BCUT2D eigenvalue weighted by atomic mass is 10.2. The van der Waals surface area contributed by atoms with Crippen LogP contribution in [0, 0.1) is 0 Å². The topological polar surface area (TPSA) is 38.7 Å². The van der Waals surface area contributed by atoms with Gasteiger partial charge in [0, 0.05) is 16.6 Å². The summed E-state index contributed by atoms with van der Waals surface area (Å²) < 4.78 is 11.6. The summed E-state index contributed by atoms with van der Waals surface area (Å²) in [7, 11) is 0. The first-order chi connectivity index (χ1) is 7.27. The van der Waals surface area contributed by atoms with E-state index >= 15 is 0 Å². The molecule has 0 saturated heterocycles. The van der Waals surface area contributed by atoms with Crippen LogP contribution in [0.5, 0.6) is 5.75 Å². The molecular weight excluding hydrogens is 260 g/mol. The first-order valence-corrected chi connectivity index (χ1v) is 5.67. The number of ether oxygens (including phenoxy) is 2. The molecule has 1 N–H and O–H groups in total. The molecule has 4 heteroatoms. The molecular formula is C11H15BrO3. The van der Waals surface area contributed by atoms with E-state index in [1.165, 1.54) is 0 Å². The minimum absolute atomic E-state index is 0.0244. The van der Waals surface area contributed by atoms with Crippen LogP contribution in [0.4, 0.5) is 0 Å². The Morgan fingerprint density at radius 1 is 1.33 bits per heavy atom. The highest BCUT2D eigenvalue weighted by molar-refractivity contribution is 9.10. The summed E-state index contributed by atoms with van der Waals surface area (Å²) in [5, 5.41) is 9.11. The second-order valence-corrected chi connectivity index (χ2v) is 3.87. The lowest BCUT2D eigenvalue weighted by Gasteiger charge is -2.10. The van der Waals surface area contributed by atoms with Gasteiger partial charge in [0.05, 0.1) is 13.2 Å². The molecule has 15 heavy (non-hydrogen) atoms. The molecule has 1 aromatic rings. The van der Waals surface area contributed by atoms with Crippen LogP contribution in [0.1, 0.15) is 12.5 Å². The minimum atomic E-state index is -0.0244. The Bertz CT molecular complexity index is 302. The molecule has 1 aromatic carbocycles. The molecule has 84 valence electrons. The molecule has 0 aliphatic heterocycles. The van der Waals surface area contributed by atoms with Gasteiger partial charge in [-0.2, -0.15) is 0 Å². The number of aliphatic hydroxyl groups is 1. The number of rotatable bonds is 6. The molecule has 0 radical (unpaired) electrons. The maximum atomic E-state index is 9.11. The zero-order valence-electron chi connectivity index (χ0n) is 8.70. The van der Waals surface area contributed by atoms with Gasteiger partial charge in [-0.1, -0.05) is 15.9 Å². The van der Waals surface area contributed by atoms with Crippen LogP contribution < -0.4 is 4.74 Å². The number of aliphatic hydroxyl groups excluding tert-OH is 1. The molecule has 0 saturated carbocycles. The second-order valence-electron chi connectivity index (χ2n) is 2.96. The van der Waals surface area contributed by atoms with Crippen molar-refractivity contribution in [1.82, 2.24) is 0 Å². The first-order valence-electron chi connectivity index (χ1n) is 4.87. The van der Waals surface area contributed by atoms with Crippen LogP contribution in [-0.2, 0) is 11.3 Å². The molecule has 0 atom stereocenters. The van der Waals surface area contributed by atoms with E-state index in [9.17, 15) is 0 Å². The van der Waals surface area contributed by atoms with Crippen molar-refractivity contribution in [2.45, 2.75) is 13.5 Å². The van der Waals surface area contributed by atoms with Crippen molar-refractivity contribution in [3.63, 3.8) is 0 Å². The summed E-state index contributed by atoms with van der Waals surface area (Å²) in [5.41, 5.74) is 0.779. The Hall–Kier alpha value is -0.580. The van der Waals surface area contributed by atoms with Crippen molar-refractivity contribution < 1.29 is 14.6 Å². The third-order valence-corrected chi connectivity index (χ3v) is 2.38. The van der Waals surface area contributed by atoms with E-state index in [1.54, 1.807) is 0 Å². The molecule has 0 aliphatic carbocycles. The van der Waals surface area contributed by atoms with E-state index in [-0.39, 0.29) is 6.61 Å². The molecule has 0 fully saturated rings. The predicted octanol–water partition coefficient (Wildman–Crippen LogP) is 2.36. The molecule has 0 amide bonds. The maximum Gasteiger partial charge on any atom is 0.125 e. The third-order valence-electron chi connectivity index (χ3n) is 1.88. The van der Waals surface area contributed by atoms with Crippen LogP contribution in [-0.4, -0.2) is 24.9 Å². The lowest BCUT2D eigenvalue weighted by Crippen LogP contribution is -2.07. The standard InChI is InChI=1S/C11H15BrO3/c1-2-14-5-6-15-11-4-3-10(12)7-9(11)8-13/h3-4,7,13H,2,5-6,8H2,1H3. The van der Waals surface area contributed by atoms with Gasteiger partial charge in [-0.3, -0.25) is 0 Å². The molecule has 0 spiro atoms. The fraction of sp³-hybridized carbons (Fsp3) is 0.455. The summed E-state index contributed by atoms with van der Waals surface area (Å²) >= 11 is 3.34. The van der Waals surface area contributed by atoms with Crippen LogP contribution in [0.15, 0.2) is 22.7 Å². The van der Waals surface area contributed by atoms with E-state index in [1.807, 2.05) is 25.1 Å². The fourth-order valence-corrected chi connectivity index (χ4v) is 1.58. The van der Waals surface area contributed by atoms with Gasteiger partial charge in [-0.15, -0.1) is 0 Å². The zero-order chi connectivity index (χ0) is 11.1. The number of benzene rings is 1. The zero-order valence-corrected chi connectivity index (χ0v) is 10.3. The van der Waals surface area contributed by atoms with Gasteiger partial charge in [-0.05, 0) is 25.1 Å².